The molecule has 2 aromatic heterocycles. The molecule has 136 valence electrons. The Bertz CT molecular complexity index is 805. The highest BCUT2D eigenvalue weighted by Gasteiger charge is 2.39. The zero-order chi connectivity index (χ0) is 18.1. The van der Waals surface area contributed by atoms with Gasteiger partial charge in [-0.15, -0.1) is 0 Å². The molecule has 0 aliphatic carbocycles. The summed E-state index contributed by atoms with van der Waals surface area (Å²) in [5, 5.41) is 4.21. The molecular formula is C18H22N6O2. The summed E-state index contributed by atoms with van der Waals surface area (Å²) < 4.78 is 1.73. The first-order chi connectivity index (χ1) is 12.6. The van der Waals surface area contributed by atoms with Gasteiger partial charge in [0.1, 0.15) is 12.2 Å². The number of rotatable bonds is 3. The molecule has 2 bridgehead atoms. The van der Waals surface area contributed by atoms with Crippen LogP contribution < -0.4 is 0 Å². The van der Waals surface area contributed by atoms with E-state index in [0.29, 0.717) is 31.2 Å². The van der Waals surface area contributed by atoms with Crippen LogP contribution in [0.15, 0.2) is 30.9 Å². The van der Waals surface area contributed by atoms with Crippen LogP contribution in [0.25, 0.3) is 0 Å². The molecule has 3 aliphatic rings. The molecule has 0 unspecified atom stereocenters. The van der Waals surface area contributed by atoms with E-state index in [4.69, 9.17) is 0 Å². The fourth-order valence-corrected chi connectivity index (χ4v) is 3.91. The summed E-state index contributed by atoms with van der Waals surface area (Å²) in [6.45, 7) is 4.11. The molecular weight excluding hydrogens is 332 g/mol. The Morgan fingerprint density at radius 2 is 2.04 bits per heavy atom. The van der Waals surface area contributed by atoms with Crippen LogP contribution in [-0.4, -0.2) is 67.0 Å². The number of carbonyl (C=O) groups is 2. The summed E-state index contributed by atoms with van der Waals surface area (Å²) in [5.74, 6) is 0.268. The third-order valence-corrected chi connectivity index (χ3v) is 5.32. The molecule has 0 radical (unpaired) electrons. The van der Waals surface area contributed by atoms with E-state index < -0.39 is 0 Å². The number of hydrogen-bond acceptors (Lipinski definition) is 5. The number of nitrogens with zero attached hydrogens (tertiary/aromatic N) is 6. The van der Waals surface area contributed by atoms with E-state index in [2.05, 4.69) is 15.1 Å². The van der Waals surface area contributed by atoms with Crippen LogP contribution in [-0.2, 0) is 11.3 Å². The minimum Gasteiger partial charge on any atom is -0.336 e. The molecule has 8 heteroatoms. The molecule has 0 N–H and O–H groups in total. The maximum atomic E-state index is 12.8. The Labute approximate surface area is 151 Å². The number of piperidine rings is 1. The number of fused-ring (bicyclic) bond motifs is 4. The molecule has 2 aromatic rings. The predicted octanol–water partition coefficient (Wildman–Crippen LogP) is 0.745. The van der Waals surface area contributed by atoms with Crippen molar-refractivity contribution in [3.63, 3.8) is 0 Å². The Morgan fingerprint density at radius 3 is 2.77 bits per heavy atom. The minimum absolute atomic E-state index is 0.0535. The van der Waals surface area contributed by atoms with Crippen molar-refractivity contribution in [1.82, 2.24) is 29.5 Å². The fraction of sp³-hybridized carbons (Fsp3) is 0.500. The standard InChI is InChI=1S/C18H22N6O2/c1-13-4-5-21-24(13)12-17(25)23-10-14-2-3-15(23)11-22(9-14)18(26)16-8-19-6-7-20-16/h4-8,14-15H,2-3,9-12H2,1H3/t14-,15+/m0/s1. The number of amides is 2. The smallest absolute Gasteiger partial charge is 0.274 e. The van der Waals surface area contributed by atoms with Gasteiger partial charge in [0.2, 0.25) is 5.91 Å². The molecule has 5 rings (SSSR count). The largest absolute Gasteiger partial charge is 0.336 e. The van der Waals surface area contributed by atoms with E-state index in [9.17, 15) is 9.59 Å². The van der Waals surface area contributed by atoms with Gasteiger partial charge < -0.3 is 9.80 Å². The molecule has 2 amide bonds. The van der Waals surface area contributed by atoms with Crippen LogP contribution in [0.4, 0.5) is 0 Å². The molecule has 2 atom stereocenters. The molecule has 0 saturated carbocycles. The normalized spacial score (nSPS) is 22.3. The van der Waals surface area contributed by atoms with Crippen LogP contribution in [0.5, 0.6) is 0 Å². The summed E-state index contributed by atoms with van der Waals surface area (Å²) in [6, 6.07) is 1.95. The summed E-state index contributed by atoms with van der Waals surface area (Å²) in [5.41, 5.74) is 1.33. The Hall–Kier alpha value is -2.77. The topological polar surface area (TPSA) is 84.2 Å². The summed E-state index contributed by atoms with van der Waals surface area (Å²) >= 11 is 0. The van der Waals surface area contributed by atoms with Crippen LogP contribution in [0.1, 0.15) is 29.0 Å². The molecule has 5 heterocycles. The van der Waals surface area contributed by atoms with Crippen molar-refractivity contribution in [3.05, 3.63) is 42.2 Å². The monoisotopic (exact) mass is 354 g/mol. The lowest BCUT2D eigenvalue weighted by Crippen LogP contribution is -2.49. The highest BCUT2D eigenvalue weighted by Crippen LogP contribution is 2.29. The molecule has 8 nitrogen and oxygen atoms in total. The lowest BCUT2D eigenvalue weighted by Gasteiger charge is -2.36. The first kappa shape index (κ1) is 16.7. The van der Waals surface area contributed by atoms with Gasteiger partial charge in [-0.05, 0) is 31.7 Å². The molecule has 3 fully saturated rings. The second-order valence-corrected chi connectivity index (χ2v) is 7.07. The van der Waals surface area contributed by atoms with E-state index in [1.807, 2.05) is 22.8 Å². The molecule has 26 heavy (non-hydrogen) atoms. The Kier molecular flexibility index (Phi) is 4.40. The first-order valence-corrected chi connectivity index (χ1v) is 8.95. The van der Waals surface area contributed by atoms with Gasteiger partial charge in [-0.25, -0.2) is 4.98 Å². The van der Waals surface area contributed by atoms with Crippen molar-refractivity contribution in [2.75, 3.05) is 19.6 Å². The fourth-order valence-electron chi connectivity index (χ4n) is 3.91. The highest BCUT2D eigenvalue weighted by molar-refractivity contribution is 5.92. The lowest BCUT2D eigenvalue weighted by molar-refractivity contribution is -0.136. The number of hydrogen-bond donors (Lipinski definition) is 0. The summed E-state index contributed by atoms with van der Waals surface area (Å²) in [7, 11) is 0. The average molecular weight is 354 g/mol. The Balaban J connectivity index is 1.49. The van der Waals surface area contributed by atoms with E-state index >= 15 is 0 Å². The summed E-state index contributed by atoms with van der Waals surface area (Å²) in [4.78, 5) is 37.5. The lowest BCUT2D eigenvalue weighted by atomic mass is 9.95. The second-order valence-electron chi connectivity index (χ2n) is 7.07. The van der Waals surface area contributed by atoms with E-state index in [-0.39, 0.29) is 24.4 Å². The number of aromatic nitrogens is 4. The van der Waals surface area contributed by atoms with Gasteiger partial charge in [0.05, 0.1) is 6.20 Å². The third-order valence-electron chi connectivity index (χ3n) is 5.32. The maximum absolute atomic E-state index is 12.8. The number of aryl methyl sites for hydroxylation is 1. The van der Waals surface area contributed by atoms with Crippen LogP contribution in [0.2, 0.25) is 0 Å². The maximum Gasteiger partial charge on any atom is 0.274 e. The zero-order valence-corrected chi connectivity index (χ0v) is 14.8. The predicted molar refractivity (Wildman–Crippen MR) is 93.1 cm³/mol. The van der Waals surface area contributed by atoms with Gasteiger partial charge in [-0.3, -0.25) is 19.3 Å². The Morgan fingerprint density at radius 1 is 1.15 bits per heavy atom. The summed E-state index contributed by atoms with van der Waals surface area (Å²) in [6.07, 6.45) is 8.26. The van der Waals surface area contributed by atoms with Crippen molar-refractivity contribution in [3.8, 4) is 0 Å². The molecule has 3 aliphatic heterocycles. The van der Waals surface area contributed by atoms with Gasteiger partial charge in [-0.2, -0.15) is 5.10 Å². The second kappa shape index (κ2) is 6.86. The van der Waals surface area contributed by atoms with Crippen molar-refractivity contribution in [2.24, 2.45) is 5.92 Å². The van der Waals surface area contributed by atoms with E-state index in [0.717, 1.165) is 18.5 Å². The van der Waals surface area contributed by atoms with Gasteiger partial charge in [0, 0.05) is 50.0 Å². The third kappa shape index (κ3) is 3.18. The quantitative estimate of drug-likeness (QED) is 0.812. The van der Waals surface area contributed by atoms with Gasteiger partial charge in [0.15, 0.2) is 0 Å². The molecule has 0 aromatic carbocycles. The minimum atomic E-state index is -0.104. The zero-order valence-electron chi connectivity index (χ0n) is 14.8. The van der Waals surface area contributed by atoms with Crippen LogP contribution in [0, 0.1) is 12.8 Å². The van der Waals surface area contributed by atoms with Crippen molar-refractivity contribution in [1.29, 1.82) is 0 Å². The van der Waals surface area contributed by atoms with Crippen LogP contribution in [0.3, 0.4) is 0 Å². The van der Waals surface area contributed by atoms with Gasteiger partial charge in [0.25, 0.3) is 5.91 Å². The molecule has 3 saturated heterocycles. The van der Waals surface area contributed by atoms with Gasteiger partial charge in [-0.1, -0.05) is 0 Å². The highest BCUT2D eigenvalue weighted by atomic mass is 16.2. The van der Waals surface area contributed by atoms with Crippen molar-refractivity contribution < 1.29 is 9.59 Å². The van der Waals surface area contributed by atoms with Crippen molar-refractivity contribution >= 4 is 11.8 Å². The van der Waals surface area contributed by atoms with Crippen LogP contribution >= 0.6 is 0 Å². The molecule has 0 spiro atoms. The number of carbonyl (C=O) groups excluding carboxylic acids is 2. The first-order valence-electron chi connectivity index (χ1n) is 8.95. The average Bonchev–Trinajstić information content (AvgIpc) is 2.87. The van der Waals surface area contributed by atoms with E-state index in [1.165, 1.54) is 12.4 Å². The van der Waals surface area contributed by atoms with E-state index in [1.54, 1.807) is 17.1 Å². The SMILES string of the molecule is Cc1ccnn1CC(=O)N1C[C@H]2CC[C@@H]1CN(C(=O)c1cnccn1)C2. The van der Waals surface area contributed by atoms with Crippen molar-refractivity contribution in [2.45, 2.75) is 32.4 Å². The van der Waals surface area contributed by atoms with Gasteiger partial charge >= 0.3 is 0 Å².